The minimum Gasteiger partial charge on any atom is -0.379 e. The van der Waals surface area contributed by atoms with Gasteiger partial charge >= 0.3 is 0 Å². The maximum Gasteiger partial charge on any atom is 0.0594 e. The van der Waals surface area contributed by atoms with Crippen LogP contribution in [-0.2, 0) is 4.74 Å². The number of morpholine rings is 1. The minimum absolute atomic E-state index is 0.650. The molecular weight excluding hydrogens is 200 g/mol. The summed E-state index contributed by atoms with van der Waals surface area (Å²) in [4.78, 5) is 2.54. The molecule has 3 atom stereocenters. The van der Waals surface area contributed by atoms with Gasteiger partial charge in [0.1, 0.15) is 0 Å². The molecule has 0 spiro atoms. The first-order chi connectivity index (χ1) is 7.77. The van der Waals surface area contributed by atoms with E-state index in [0.29, 0.717) is 6.04 Å². The van der Waals surface area contributed by atoms with Crippen LogP contribution in [0.5, 0.6) is 0 Å². The zero-order valence-corrected chi connectivity index (χ0v) is 10.7. The van der Waals surface area contributed by atoms with Crippen molar-refractivity contribution < 1.29 is 4.74 Å². The van der Waals surface area contributed by atoms with E-state index in [9.17, 15) is 0 Å². The van der Waals surface area contributed by atoms with Crippen LogP contribution in [0.2, 0.25) is 0 Å². The molecule has 0 bridgehead atoms. The molecule has 0 aromatic rings. The Morgan fingerprint density at radius 3 is 2.69 bits per heavy atom. The van der Waals surface area contributed by atoms with Crippen LogP contribution in [0.1, 0.15) is 33.1 Å². The molecule has 1 saturated heterocycles. The Morgan fingerprint density at radius 1 is 1.31 bits per heavy atom. The third-order valence-electron chi connectivity index (χ3n) is 4.21. The summed E-state index contributed by atoms with van der Waals surface area (Å²) in [5.41, 5.74) is 0. The van der Waals surface area contributed by atoms with Gasteiger partial charge in [-0.1, -0.05) is 13.3 Å². The summed E-state index contributed by atoms with van der Waals surface area (Å²) in [5, 5.41) is 3.75. The highest BCUT2D eigenvalue weighted by Gasteiger charge is 2.24. The first-order valence-electron chi connectivity index (χ1n) is 6.82. The van der Waals surface area contributed by atoms with Gasteiger partial charge in [-0.05, 0) is 25.7 Å². The summed E-state index contributed by atoms with van der Waals surface area (Å²) in [6.07, 6.45) is 4.19. The summed E-state index contributed by atoms with van der Waals surface area (Å²) in [6.45, 7) is 9.86. The molecule has 16 heavy (non-hydrogen) atoms. The molecule has 1 aliphatic heterocycles. The van der Waals surface area contributed by atoms with Crippen molar-refractivity contribution in [3.8, 4) is 0 Å². The molecule has 0 radical (unpaired) electrons. The summed E-state index contributed by atoms with van der Waals surface area (Å²) in [5.74, 6) is 0.872. The molecule has 0 aromatic heterocycles. The molecule has 1 aliphatic carbocycles. The van der Waals surface area contributed by atoms with Gasteiger partial charge in [-0.15, -0.1) is 0 Å². The average molecular weight is 226 g/mol. The lowest BCUT2D eigenvalue weighted by molar-refractivity contribution is 0.0197. The standard InChI is InChI=1S/C13H26N2O/c1-11-4-3-5-13(11)14-10-12(2)15-6-8-16-9-7-15/h11-14H,3-10H2,1-2H3. The number of nitrogens with zero attached hydrogens (tertiary/aromatic N) is 1. The zero-order chi connectivity index (χ0) is 11.4. The van der Waals surface area contributed by atoms with Crippen molar-refractivity contribution in [1.82, 2.24) is 10.2 Å². The molecule has 2 rings (SSSR count). The maximum atomic E-state index is 5.38. The van der Waals surface area contributed by atoms with Gasteiger partial charge in [-0.25, -0.2) is 0 Å². The van der Waals surface area contributed by atoms with Gasteiger partial charge in [-0.2, -0.15) is 0 Å². The highest BCUT2D eigenvalue weighted by Crippen LogP contribution is 2.24. The summed E-state index contributed by atoms with van der Waals surface area (Å²) in [6, 6.07) is 1.42. The monoisotopic (exact) mass is 226 g/mol. The maximum absolute atomic E-state index is 5.38. The Morgan fingerprint density at radius 2 is 2.06 bits per heavy atom. The average Bonchev–Trinajstić information content (AvgIpc) is 2.73. The number of rotatable bonds is 4. The van der Waals surface area contributed by atoms with Gasteiger partial charge in [0.05, 0.1) is 13.2 Å². The van der Waals surface area contributed by atoms with Gasteiger partial charge < -0.3 is 10.1 Å². The predicted molar refractivity (Wildman–Crippen MR) is 66.7 cm³/mol. The van der Waals surface area contributed by atoms with Gasteiger partial charge in [0.15, 0.2) is 0 Å². The first kappa shape index (κ1) is 12.3. The molecule has 94 valence electrons. The van der Waals surface area contributed by atoms with Crippen LogP contribution >= 0.6 is 0 Å². The Balaban J connectivity index is 1.68. The fourth-order valence-electron chi connectivity index (χ4n) is 2.92. The molecular formula is C13H26N2O. The molecule has 3 heteroatoms. The van der Waals surface area contributed by atoms with Crippen LogP contribution in [-0.4, -0.2) is 49.8 Å². The van der Waals surface area contributed by atoms with E-state index in [2.05, 4.69) is 24.1 Å². The highest BCUT2D eigenvalue weighted by atomic mass is 16.5. The zero-order valence-electron chi connectivity index (χ0n) is 10.7. The molecule has 3 nitrogen and oxygen atoms in total. The number of ether oxygens (including phenoxy) is 1. The predicted octanol–water partition coefficient (Wildman–Crippen LogP) is 1.49. The molecule has 3 unspecified atom stereocenters. The Hall–Kier alpha value is -0.120. The van der Waals surface area contributed by atoms with E-state index in [1.165, 1.54) is 19.3 Å². The number of hydrogen-bond acceptors (Lipinski definition) is 3. The quantitative estimate of drug-likeness (QED) is 0.786. The molecule has 1 saturated carbocycles. The van der Waals surface area contributed by atoms with E-state index in [1.54, 1.807) is 0 Å². The van der Waals surface area contributed by atoms with E-state index in [-0.39, 0.29) is 0 Å². The number of nitrogens with one attached hydrogen (secondary N) is 1. The smallest absolute Gasteiger partial charge is 0.0594 e. The van der Waals surface area contributed by atoms with E-state index >= 15 is 0 Å². The number of hydrogen-bond donors (Lipinski definition) is 1. The third-order valence-corrected chi connectivity index (χ3v) is 4.21. The largest absolute Gasteiger partial charge is 0.379 e. The molecule has 2 aliphatic rings. The van der Waals surface area contributed by atoms with Gasteiger partial charge in [0.25, 0.3) is 0 Å². The molecule has 1 heterocycles. The van der Waals surface area contributed by atoms with E-state index < -0.39 is 0 Å². The summed E-state index contributed by atoms with van der Waals surface area (Å²) >= 11 is 0. The van der Waals surface area contributed by atoms with Crippen LogP contribution < -0.4 is 5.32 Å². The fraction of sp³-hybridized carbons (Fsp3) is 1.00. The van der Waals surface area contributed by atoms with Crippen molar-refractivity contribution in [3.63, 3.8) is 0 Å². The van der Waals surface area contributed by atoms with Crippen molar-refractivity contribution in [3.05, 3.63) is 0 Å². The van der Waals surface area contributed by atoms with Crippen molar-refractivity contribution in [2.45, 2.75) is 45.2 Å². The van der Waals surface area contributed by atoms with Crippen LogP contribution in [0.4, 0.5) is 0 Å². The van der Waals surface area contributed by atoms with Crippen molar-refractivity contribution >= 4 is 0 Å². The highest BCUT2D eigenvalue weighted by molar-refractivity contribution is 4.82. The lowest BCUT2D eigenvalue weighted by Gasteiger charge is -2.33. The minimum atomic E-state index is 0.650. The molecule has 0 amide bonds. The van der Waals surface area contributed by atoms with Crippen LogP contribution in [0.3, 0.4) is 0 Å². The SMILES string of the molecule is CC1CCCC1NCC(C)N1CCOCC1. The second-order valence-electron chi connectivity index (χ2n) is 5.42. The molecule has 0 aromatic carbocycles. The van der Waals surface area contributed by atoms with Crippen LogP contribution in [0, 0.1) is 5.92 Å². The fourth-order valence-corrected chi connectivity index (χ4v) is 2.92. The summed E-state index contributed by atoms with van der Waals surface area (Å²) in [7, 11) is 0. The molecule has 2 fully saturated rings. The van der Waals surface area contributed by atoms with Crippen molar-refractivity contribution in [2.24, 2.45) is 5.92 Å². The lowest BCUT2D eigenvalue weighted by atomic mass is 10.1. The van der Waals surface area contributed by atoms with Gasteiger partial charge in [0, 0.05) is 31.7 Å². The Kier molecular flexibility index (Phi) is 4.62. The van der Waals surface area contributed by atoms with Crippen molar-refractivity contribution in [1.29, 1.82) is 0 Å². The Labute approximate surface area is 99.5 Å². The van der Waals surface area contributed by atoms with Crippen molar-refractivity contribution in [2.75, 3.05) is 32.8 Å². The van der Waals surface area contributed by atoms with E-state index in [4.69, 9.17) is 4.74 Å². The second kappa shape index (κ2) is 5.99. The molecule has 1 N–H and O–H groups in total. The van der Waals surface area contributed by atoms with Gasteiger partial charge in [0.2, 0.25) is 0 Å². The topological polar surface area (TPSA) is 24.5 Å². The second-order valence-corrected chi connectivity index (χ2v) is 5.42. The first-order valence-corrected chi connectivity index (χ1v) is 6.82. The lowest BCUT2D eigenvalue weighted by Crippen LogP contribution is -2.48. The normalized spacial score (nSPS) is 34.1. The van der Waals surface area contributed by atoms with Crippen LogP contribution in [0.15, 0.2) is 0 Å². The van der Waals surface area contributed by atoms with Crippen LogP contribution in [0.25, 0.3) is 0 Å². The Bertz CT molecular complexity index is 204. The van der Waals surface area contributed by atoms with E-state index in [1.807, 2.05) is 0 Å². The third kappa shape index (κ3) is 3.19. The summed E-state index contributed by atoms with van der Waals surface area (Å²) < 4.78 is 5.38. The van der Waals surface area contributed by atoms with E-state index in [0.717, 1.165) is 44.8 Å². The van der Waals surface area contributed by atoms with Gasteiger partial charge in [-0.3, -0.25) is 4.90 Å².